The molecule has 0 atom stereocenters. The van der Waals surface area contributed by atoms with Crippen LogP contribution >= 0.6 is 0 Å². The number of piperidine rings is 1. The second kappa shape index (κ2) is 13.2. The summed E-state index contributed by atoms with van der Waals surface area (Å²) in [6.07, 6.45) is 2.60. The molecule has 1 N–H and O–H groups in total. The SMILES string of the molecule is CC(C)(C)[Si](C)(C)OCCOCCOCCOCCOC1CCNCC1. The first kappa shape index (κ1) is 24.0. The van der Waals surface area contributed by atoms with Crippen LogP contribution in [0.2, 0.25) is 18.1 Å². The molecule has 1 saturated heterocycles. The van der Waals surface area contributed by atoms with Crippen molar-refractivity contribution in [3.63, 3.8) is 0 Å². The second-order valence-electron chi connectivity index (χ2n) is 8.27. The number of hydrogen-bond acceptors (Lipinski definition) is 6. The average Bonchev–Trinajstić information content (AvgIpc) is 2.59. The van der Waals surface area contributed by atoms with Crippen molar-refractivity contribution in [3.05, 3.63) is 0 Å². The molecule has 1 rings (SSSR count). The summed E-state index contributed by atoms with van der Waals surface area (Å²) in [5, 5.41) is 3.57. The molecule has 0 amide bonds. The summed E-state index contributed by atoms with van der Waals surface area (Å²) in [6.45, 7) is 18.3. The molecule has 1 fully saturated rings. The van der Waals surface area contributed by atoms with Gasteiger partial charge >= 0.3 is 0 Å². The van der Waals surface area contributed by atoms with E-state index in [4.69, 9.17) is 23.4 Å². The highest BCUT2D eigenvalue weighted by Gasteiger charge is 2.36. The van der Waals surface area contributed by atoms with E-state index in [1.54, 1.807) is 0 Å². The van der Waals surface area contributed by atoms with Gasteiger partial charge in [0.05, 0.1) is 59.0 Å². The summed E-state index contributed by atoms with van der Waals surface area (Å²) in [4.78, 5) is 0. The minimum absolute atomic E-state index is 0.245. The van der Waals surface area contributed by atoms with Crippen molar-refractivity contribution >= 4 is 8.32 Å². The van der Waals surface area contributed by atoms with E-state index >= 15 is 0 Å². The Hall–Kier alpha value is -0.0231. The van der Waals surface area contributed by atoms with Gasteiger partial charge in [0, 0.05) is 0 Å². The van der Waals surface area contributed by atoms with Crippen molar-refractivity contribution in [2.24, 2.45) is 0 Å². The van der Waals surface area contributed by atoms with Crippen molar-refractivity contribution in [2.75, 3.05) is 65.9 Å². The largest absolute Gasteiger partial charge is 0.414 e. The minimum Gasteiger partial charge on any atom is -0.414 e. The van der Waals surface area contributed by atoms with E-state index < -0.39 is 8.32 Å². The van der Waals surface area contributed by atoms with Gasteiger partial charge in [0.25, 0.3) is 0 Å². The molecule has 1 aliphatic heterocycles. The lowest BCUT2D eigenvalue weighted by atomic mass is 10.1. The quantitative estimate of drug-likeness (QED) is 0.363. The van der Waals surface area contributed by atoms with Crippen molar-refractivity contribution in [1.82, 2.24) is 5.32 Å². The van der Waals surface area contributed by atoms with E-state index in [1.807, 2.05) is 0 Å². The number of rotatable bonds is 14. The van der Waals surface area contributed by atoms with Gasteiger partial charge in [-0.25, -0.2) is 0 Å². The lowest BCUT2D eigenvalue weighted by Crippen LogP contribution is -2.41. The van der Waals surface area contributed by atoms with E-state index in [-0.39, 0.29) is 5.04 Å². The molecule has 7 heteroatoms. The number of nitrogens with one attached hydrogen (secondary N) is 1. The van der Waals surface area contributed by atoms with E-state index in [0.717, 1.165) is 25.9 Å². The third-order valence-corrected chi connectivity index (χ3v) is 9.65. The Bertz CT molecular complexity index is 343. The Morgan fingerprint density at radius 1 is 0.769 bits per heavy atom. The Morgan fingerprint density at radius 2 is 1.23 bits per heavy atom. The van der Waals surface area contributed by atoms with Gasteiger partial charge in [-0.05, 0) is 44.1 Å². The predicted molar refractivity (Wildman–Crippen MR) is 107 cm³/mol. The van der Waals surface area contributed by atoms with Crippen LogP contribution < -0.4 is 5.32 Å². The molecule has 156 valence electrons. The fourth-order valence-electron chi connectivity index (χ4n) is 2.35. The molecule has 6 nitrogen and oxygen atoms in total. The maximum Gasteiger partial charge on any atom is 0.192 e. The van der Waals surface area contributed by atoms with Crippen molar-refractivity contribution in [2.45, 2.75) is 57.8 Å². The highest BCUT2D eigenvalue weighted by Crippen LogP contribution is 2.36. The lowest BCUT2D eigenvalue weighted by Gasteiger charge is -2.36. The summed E-state index contributed by atoms with van der Waals surface area (Å²) in [5.74, 6) is 0. The molecule has 0 saturated carbocycles. The van der Waals surface area contributed by atoms with Crippen LogP contribution in [0.3, 0.4) is 0 Å². The van der Waals surface area contributed by atoms with Gasteiger partial charge in [0.1, 0.15) is 0 Å². The highest BCUT2D eigenvalue weighted by molar-refractivity contribution is 6.74. The van der Waals surface area contributed by atoms with Crippen molar-refractivity contribution < 1.29 is 23.4 Å². The summed E-state index contributed by atoms with van der Waals surface area (Å²) in [7, 11) is -1.65. The summed E-state index contributed by atoms with van der Waals surface area (Å²) in [5.41, 5.74) is 0. The van der Waals surface area contributed by atoms with Crippen molar-refractivity contribution in [3.8, 4) is 0 Å². The molecule has 0 spiro atoms. The molecule has 26 heavy (non-hydrogen) atoms. The Labute approximate surface area is 161 Å². The first-order valence-corrected chi connectivity index (χ1v) is 12.9. The third-order valence-electron chi connectivity index (χ3n) is 5.11. The van der Waals surface area contributed by atoms with Crippen LogP contribution in [-0.4, -0.2) is 80.4 Å². The van der Waals surface area contributed by atoms with E-state index in [1.165, 1.54) is 0 Å². The molecule has 0 radical (unpaired) electrons. The van der Waals surface area contributed by atoms with Gasteiger partial charge in [-0.1, -0.05) is 20.8 Å². The van der Waals surface area contributed by atoms with E-state index in [9.17, 15) is 0 Å². The monoisotopic (exact) mass is 391 g/mol. The second-order valence-corrected chi connectivity index (χ2v) is 13.1. The number of ether oxygens (including phenoxy) is 4. The molecular weight excluding hydrogens is 350 g/mol. The fraction of sp³-hybridized carbons (Fsp3) is 1.00. The molecule has 0 aliphatic carbocycles. The predicted octanol–water partition coefficient (Wildman–Crippen LogP) is 2.83. The highest BCUT2D eigenvalue weighted by atomic mass is 28.4. The maximum atomic E-state index is 6.06. The summed E-state index contributed by atoms with van der Waals surface area (Å²) >= 11 is 0. The molecule has 0 aromatic heterocycles. The van der Waals surface area contributed by atoms with Gasteiger partial charge in [0.2, 0.25) is 0 Å². The van der Waals surface area contributed by atoms with Gasteiger partial charge in [0.15, 0.2) is 8.32 Å². The normalized spacial score (nSPS) is 17.0. The summed E-state index contributed by atoms with van der Waals surface area (Å²) in [6, 6.07) is 0. The minimum atomic E-state index is -1.65. The molecule has 1 heterocycles. The van der Waals surface area contributed by atoms with Gasteiger partial charge in [-0.2, -0.15) is 0 Å². The first-order chi connectivity index (χ1) is 12.3. The Morgan fingerprint density at radius 3 is 1.73 bits per heavy atom. The molecule has 1 aliphatic rings. The molecule has 0 aromatic carbocycles. The van der Waals surface area contributed by atoms with Crippen LogP contribution in [0.4, 0.5) is 0 Å². The first-order valence-electron chi connectivity index (χ1n) is 10.0. The van der Waals surface area contributed by atoms with Crippen LogP contribution in [0.5, 0.6) is 0 Å². The standard InChI is InChI=1S/C19H41NO5Si/c1-19(2,3)26(4,5)25-17-15-23-13-11-21-10-12-22-14-16-24-18-6-8-20-9-7-18/h18,20H,6-17H2,1-5H3. The summed E-state index contributed by atoms with van der Waals surface area (Å²) < 4.78 is 28.4. The van der Waals surface area contributed by atoms with Crippen LogP contribution in [0.25, 0.3) is 0 Å². The zero-order chi connectivity index (χ0) is 19.3. The van der Waals surface area contributed by atoms with Gasteiger partial charge in [-0.3, -0.25) is 0 Å². The van der Waals surface area contributed by atoms with E-state index in [0.29, 0.717) is 59.0 Å². The number of hydrogen-bond donors (Lipinski definition) is 1. The molecular formula is C19H41NO5Si. The Kier molecular flexibility index (Phi) is 12.2. The Balaban J connectivity index is 1.79. The van der Waals surface area contributed by atoms with Crippen LogP contribution in [-0.2, 0) is 23.4 Å². The molecule has 0 aromatic rings. The van der Waals surface area contributed by atoms with E-state index in [2.05, 4.69) is 39.2 Å². The lowest BCUT2D eigenvalue weighted by molar-refractivity contribution is -0.0261. The van der Waals surface area contributed by atoms with Crippen LogP contribution in [0, 0.1) is 0 Å². The van der Waals surface area contributed by atoms with Crippen molar-refractivity contribution in [1.29, 1.82) is 0 Å². The average molecular weight is 392 g/mol. The molecule has 0 bridgehead atoms. The zero-order valence-corrected chi connectivity index (χ0v) is 18.6. The van der Waals surface area contributed by atoms with Crippen LogP contribution in [0.1, 0.15) is 33.6 Å². The van der Waals surface area contributed by atoms with Crippen LogP contribution in [0.15, 0.2) is 0 Å². The topological polar surface area (TPSA) is 58.2 Å². The van der Waals surface area contributed by atoms with Gasteiger partial charge < -0.3 is 28.7 Å². The third kappa shape index (κ3) is 11.0. The zero-order valence-electron chi connectivity index (χ0n) is 17.6. The maximum absolute atomic E-state index is 6.06. The van der Waals surface area contributed by atoms with Gasteiger partial charge in [-0.15, -0.1) is 0 Å². The smallest absolute Gasteiger partial charge is 0.192 e. The fourth-order valence-corrected chi connectivity index (χ4v) is 3.38. The molecule has 0 unspecified atom stereocenters.